The fourth-order valence-corrected chi connectivity index (χ4v) is 1.35. The summed E-state index contributed by atoms with van der Waals surface area (Å²) in [4.78, 5) is 3.85. The summed E-state index contributed by atoms with van der Waals surface area (Å²) in [6.45, 7) is 0. The maximum Gasteiger partial charge on any atom is 0.174 e. The third-order valence-corrected chi connectivity index (χ3v) is 2.17. The Labute approximate surface area is 101 Å². The van der Waals surface area contributed by atoms with E-state index in [1.54, 1.807) is 12.1 Å². The zero-order valence-electron chi connectivity index (χ0n) is 8.18. The average Bonchev–Trinajstić information content (AvgIpc) is 2.29. The molecule has 2 N–H and O–H groups in total. The van der Waals surface area contributed by atoms with Gasteiger partial charge in [-0.3, -0.25) is 0 Å². The molecule has 0 amide bonds. The molecule has 0 unspecified atom stereocenters. The Bertz CT molecular complexity index is 532. The topological polar surface area (TPSA) is 86.0 Å². The Morgan fingerprint density at radius 3 is 2.69 bits per heavy atom. The lowest BCUT2D eigenvalue weighted by atomic mass is 10.2. The molecule has 0 fully saturated rings. The van der Waals surface area contributed by atoms with Crippen LogP contribution in [0.2, 0.25) is 0 Å². The fourth-order valence-electron chi connectivity index (χ4n) is 0.938. The Hall–Kier alpha value is -2.11. The summed E-state index contributed by atoms with van der Waals surface area (Å²) in [5.74, 6) is 0. The van der Waals surface area contributed by atoms with Crippen molar-refractivity contribution < 1.29 is 0 Å². The Balaban J connectivity index is 2.99. The smallest absolute Gasteiger partial charge is 0.174 e. The number of nitrogens with two attached hydrogens (primary N) is 1. The highest BCUT2D eigenvalue weighted by Crippen LogP contribution is 2.10. The number of benzene rings is 1. The molecule has 0 atom stereocenters. The molecule has 4 nitrogen and oxygen atoms in total. The molecule has 0 aliphatic carbocycles. The number of nitrogens with zero attached hydrogens (tertiary/aromatic N) is 3. The van der Waals surface area contributed by atoms with Gasteiger partial charge in [0.25, 0.3) is 0 Å². The molecule has 78 valence electrons. The first kappa shape index (κ1) is 12.0. The molecular formula is C11H7BrN4. The van der Waals surface area contributed by atoms with Gasteiger partial charge in [-0.1, -0.05) is 28.1 Å². The van der Waals surface area contributed by atoms with Gasteiger partial charge in [-0.15, -0.1) is 0 Å². The van der Waals surface area contributed by atoms with E-state index in [-0.39, 0.29) is 11.4 Å². The van der Waals surface area contributed by atoms with E-state index in [2.05, 4.69) is 20.9 Å². The highest BCUT2D eigenvalue weighted by atomic mass is 79.9. The van der Waals surface area contributed by atoms with Crippen LogP contribution in [0.25, 0.3) is 0 Å². The van der Waals surface area contributed by atoms with E-state index >= 15 is 0 Å². The predicted octanol–water partition coefficient (Wildman–Crippen LogP) is 2.09. The molecule has 0 saturated heterocycles. The molecule has 0 aromatic heterocycles. The van der Waals surface area contributed by atoms with Crippen LogP contribution in [0, 0.1) is 22.7 Å². The summed E-state index contributed by atoms with van der Waals surface area (Å²) in [5.41, 5.74) is 5.84. The molecular weight excluding hydrogens is 268 g/mol. The molecule has 5 heteroatoms. The van der Waals surface area contributed by atoms with Crippen LogP contribution in [-0.4, -0.2) is 6.21 Å². The van der Waals surface area contributed by atoms with Crippen molar-refractivity contribution in [3.05, 3.63) is 45.7 Å². The molecule has 0 aliphatic rings. The standard InChI is InChI=1S/C11H7BrN4/c12-9-3-1-2-8(4-9)7-16-11(6-14)10(15)5-13/h1-4,7H,15H2/b11-10+,16-7?. The van der Waals surface area contributed by atoms with Crippen molar-refractivity contribution in [1.29, 1.82) is 10.5 Å². The largest absolute Gasteiger partial charge is 0.388 e. The zero-order valence-corrected chi connectivity index (χ0v) is 9.77. The molecule has 0 bridgehead atoms. The Kier molecular flexibility index (Phi) is 4.26. The zero-order chi connectivity index (χ0) is 12.0. The lowest BCUT2D eigenvalue weighted by Gasteiger charge is -1.94. The third kappa shape index (κ3) is 3.23. The van der Waals surface area contributed by atoms with E-state index in [4.69, 9.17) is 16.3 Å². The van der Waals surface area contributed by atoms with Crippen molar-refractivity contribution in [3.8, 4) is 12.1 Å². The summed E-state index contributed by atoms with van der Waals surface area (Å²) in [7, 11) is 0. The van der Waals surface area contributed by atoms with Crippen LogP contribution in [-0.2, 0) is 0 Å². The van der Waals surface area contributed by atoms with Gasteiger partial charge in [0, 0.05) is 10.7 Å². The van der Waals surface area contributed by atoms with Crippen LogP contribution < -0.4 is 5.73 Å². The predicted molar refractivity (Wildman–Crippen MR) is 64.2 cm³/mol. The minimum absolute atomic E-state index is 0.0810. The lowest BCUT2D eigenvalue weighted by molar-refractivity contribution is 1.27. The minimum atomic E-state index is -0.186. The molecule has 1 aromatic carbocycles. The SMILES string of the molecule is N#C/C(N)=C(/C#N)N=Cc1cccc(Br)c1. The summed E-state index contributed by atoms with van der Waals surface area (Å²) in [6, 6.07) is 10.8. The third-order valence-electron chi connectivity index (χ3n) is 1.67. The van der Waals surface area contributed by atoms with Crippen LogP contribution in [0.15, 0.2) is 45.1 Å². The van der Waals surface area contributed by atoms with Crippen molar-refractivity contribution in [2.45, 2.75) is 0 Å². The number of aliphatic imine (C=N–C) groups is 1. The highest BCUT2D eigenvalue weighted by Gasteiger charge is 1.98. The number of hydrogen-bond donors (Lipinski definition) is 1. The second-order valence-corrected chi connectivity index (χ2v) is 3.71. The first-order valence-electron chi connectivity index (χ1n) is 4.27. The van der Waals surface area contributed by atoms with Crippen molar-refractivity contribution in [3.63, 3.8) is 0 Å². The van der Waals surface area contributed by atoms with Crippen molar-refractivity contribution in [2.75, 3.05) is 0 Å². The van der Waals surface area contributed by atoms with E-state index in [0.29, 0.717) is 0 Å². The van der Waals surface area contributed by atoms with Crippen LogP contribution >= 0.6 is 15.9 Å². The van der Waals surface area contributed by atoms with Gasteiger partial charge < -0.3 is 5.73 Å². The van der Waals surface area contributed by atoms with Gasteiger partial charge in [0.15, 0.2) is 5.70 Å². The molecule has 1 aromatic rings. The highest BCUT2D eigenvalue weighted by molar-refractivity contribution is 9.10. The number of rotatable bonds is 2. The van der Waals surface area contributed by atoms with Gasteiger partial charge in [0.1, 0.15) is 17.8 Å². The van der Waals surface area contributed by atoms with Gasteiger partial charge >= 0.3 is 0 Å². The van der Waals surface area contributed by atoms with Gasteiger partial charge in [-0.25, -0.2) is 4.99 Å². The van der Waals surface area contributed by atoms with Crippen molar-refractivity contribution in [2.24, 2.45) is 10.7 Å². The minimum Gasteiger partial charge on any atom is -0.388 e. The molecule has 0 aliphatic heterocycles. The number of halogens is 1. The van der Waals surface area contributed by atoms with Gasteiger partial charge in [0.2, 0.25) is 0 Å². The van der Waals surface area contributed by atoms with Crippen LogP contribution in [0.3, 0.4) is 0 Å². The second kappa shape index (κ2) is 5.69. The molecule has 16 heavy (non-hydrogen) atoms. The van der Waals surface area contributed by atoms with Crippen LogP contribution in [0.1, 0.15) is 5.56 Å². The first-order chi connectivity index (χ1) is 7.67. The lowest BCUT2D eigenvalue weighted by Crippen LogP contribution is -1.97. The maximum absolute atomic E-state index is 8.70. The van der Waals surface area contributed by atoms with Crippen molar-refractivity contribution in [1.82, 2.24) is 0 Å². The normalized spacial score (nSPS) is 11.7. The van der Waals surface area contributed by atoms with Gasteiger partial charge in [0.05, 0.1) is 0 Å². The molecule has 0 saturated carbocycles. The van der Waals surface area contributed by atoms with Crippen LogP contribution in [0.5, 0.6) is 0 Å². The Morgan fingerprint density at radius 1 is 1.38 bits per heavy atom. The maximum atomic E-state index is 8.70. The number of allylic oxidation sites excluding steroid dienone is 2. The second-order valence-electron chi connectivity index (χ2n) is 2.80. The molecule has 0 radical (unpaired) electrons. The van der Waals surface area contributed by atoms with E-state index < -0.39 is 0 Å². The number of nitriles is 2. The average molecular weight is 275 g/mol. The van der Waals surface area contributed by atoms with Gasteiger partial charge in [-0.05, 0) is 17.7 Å². The summed E-state index contributed by atoms with van der Waals surface area (Å²) >= 11 is 3.31. The fraction of sp³-hybridized carbons (Fsp3) is 0. The van der Waals surface area contributed by atoms with E-state index in [1.165, 1.54) is 6.21 Å². The van der Waals surface area contributed by atoms with Crippen molar-refractivity contribution >= 4 is 22.1 Å². The molecule has 0 heterocycles. The quantitative estimate of drug-likeness (QED) is 0.662. The molecule has 1 rings (SSSR count). The monoisotopic (exact) mass is 274 g/mol. The number of hydrogen-bond acceptors (Lipinski definition) is 4. The van der Waals surface area contributed by atoms with E-state index in [9.17, 15) is 0 Å². The Morgan fingerprint density at radius 2 is 2.12 bits per heavy atom. The van der Waals surface area contributed by atoms with Gasteiger partial charge in [-0.2, -0.15) is 10.5 Å². The molecule has 0 spiro atoms. The van der Waals surface area contributed by atoms with E-state index in [1.807, 2.05) is 24.3 Å². The summed E-state index contributed by atoms with van der Waals surface area (Å²) in [6.07, 6.45) is 1.48. The van der Waals surface area contributed by atoms with E-state index in [0.717, 1.165) is 10.0 Å². The van der Waals surface area contributed by atoms with Crippen LogP contribution in [0.4, 0.5) is 0 Å². The first-order valence-corrected chi connectivity index (χ1v) is 5.06. The summed E-state index contributed by atoms with van der Waals surface area (Å²) in [5, 5.41) is 17.2. The summed E-state index contributed by atoms with van der Waals surface area (Å²) < 4.78 is 0.909.